The molecule has 0 heterocycles. The number of urea groups is 1. The maximum Gasteiger partial charge on any atom is 0.319 e. The van der Waals surface area contributed by atoms with Crippen LogP contribution in [0.1, 0.15) is 56.2 Å². The molecule has 0 unspecified atom stereocenters. The third-order valence-electron chi connectivity index (χ3n) is 4.20. The van der Waals surface area contributed by atoms with Crippen molar-refractivity contribution in [2.45, 2.75) is 46.0 Å². The van der Waals surface area contributed by atoms with Gasteiger partial charge in [0.1, 0.15) is 5.82 Å². The first-order valence-electron chi connectivity index (χ1n) is 8.80. The number of halogens is 1. The van der Waals surface area contributed by atoms with Crippen molar-refractivity contribution < 1.29 is 9.18 Å². The molecule has 0 bridgehead atoms. The average Bonchev–Trinajstić information content (AvgIpc) is 2.54. The van der Waals surface area contributed by atoms with Crippen LogP contribution < -0.4 is 10.6 Å². The van der Waals surface area contributed by atoms with Crippen molar-refractivity contribution in [2.24, 2.45) is 0 Å². The second-order valence-corrected chi connectivity index (χ2v) is 6.88. The normalized spacial score (nSPS) is 11.0. The van der Waals surface area contributed by atoms with Crippen LogP contribution in [-0.4, -0.2) is 12.6 Å². The topological polar surface area (TPSA) is 41.1 Å². The third-order valence-corrected chi connectivity index (χ3v) is 4.20. The molecule has 25 heavy (non-hydrogen) atoms. The molecule has 134 valence electrons. The average molecular weight is 342 g/mol. The second-order valence-electron chi connectivity index (χ2n) is 6.88. The number of anilines is 1. The number of rotatable bonds is 6. The molecule has 2 amide bonds. The molecule has 0 radical (unpaired) electrons. The van der Waals surface area contributed by atoms with Gasteiger partial charge in [0.15, 0.2) is 0 Å². The number of amides is 2. The molecular formula is C21H27FN2O. The van der Waals surface area contributed by atoms with Crippen LogP contribution >= 0.6 is 0 Å². The van der Waals surface area contributed by atoms with E-state index < -0.39 is 0 Å². The number of hydrogen-bond acceptors (Lipinski definition) is 1. The zero-order chi connectivity index (χ0) is 18.4. The van der Waals surface area contributed by atoms with Crippen LogP contribution in [0.15, 0.2) is 42.5 Å². The Hall–Kier alpha value is -2.36. The van der Waals surface area contributed by atoms with Gasteiger partial charge in [0.2, 0.25) is 0 Å². The SMILES string of the molecule is CC(C)c1cccc(C(C)C)c1NC(=O)NCCc1cccc(F)c1. The number of carbonyl (C=O) groups excluding carboxylic acids is 1. The van der Waals surface area contributed by atoms with Gasteiger partial charge in [-0.15, -0.1) is 0 Å². The number of carbonyl (C=O) groups is 1. The number of hydrogen-bond donors (Lipinski definition) is 2. The standard InChI is InChI=1S/C21H27FN2O/c1-14(2)18-9-6-10-19(15(3)4)20(18)24-21(25)23-12-11-16-7-5-8-17(22)13-16/h5-10,13-15H,11-12H2,1-4H3,(H2,23,24,25). The van der Waals surface area contributed by atoms with E-state index >= 15 is 0 Å². The predicted octanol–water partition coefficient (Wildman–Crippen LogP) is 5.44. The summed E-state index contributed by atoms with van der Waals surface area (Å²) in [7, 11) is 0. The summed E-state index contributed by atoms with van der Waals surface area (Å²) in [5.41, 5.74) is 4.03. The number of benzene rings is 2. The minimum absolute atomic E-state index is 0.230. The van der Waals surface area contributed by atoms with Gasteiger partial charge in [0, 0.05) is 12.2 Å². The minimum Gasteiger partial charge on any atom is -0.338 e. The quantitative estimate of drug-likeness (QED) is 0.721. The van der Waals surface area contributed by atoms with E-state index in [-0.39, 0.29) is 11.8 Å². The summed E-state index contributed by atoms with van der Waals surface area (Å²) in [4.78, 5) is 12.3. The van der Waals surface area contributed by atoms with Gasteiger partial charge < -0.3 is 10.6 Å². The van der Waals surface area contributed by atoms with Crippen LogP contribution in [0.5, 0.6) is 0 Å². The maximum atomic E-state index is 13.2. The Balaban J connectivity index is 2.02. The van der Waals surface area contributed by atoms with E-state index in [1.165, 1.54) is 12.1 Å². The van der Waals surface area contributed by atoms with Crippen LogP contribution in [0.4, 0.5) is 14.9 Å². The summed E-state index contributed by atoms with van der Waals surface area (Å²) in [6, 6.07) is 12.4. The second kappa shape index (κ2) is 8.65. The highest BCUT2D eigenvalue weighted by Crippen LogP contribution is 2.32. The third kappa shape index (κ3) is 5.31. The zero-order valence-electron chi connectivity index (χ0n) is 15.4. The first kappa shape index (κ1) is 19.0. The lowest BCUT2D eigenvalue weighted by Crippen LogP contribution is -2.31. The fourth-order valence-corrected chi connectivity index (χ4v) is 2.87. The van der Waals surface area contributed by atoms with Gasteiger partial charge in [-0.25, -0.2) is 9.18 Å². The molecule has 0 saturated carbocycles. The summed E-state index contributed by atoms with van der Waals surface area (Å²) in [5.74, 6) is 0.386. The Bertz CT molecular complexity index is 699. The van der Waals surface area contributed by atoms with Crippen molar-refractivity contribution in [2.75, 3.05) is 11.9 Å². The van der Waals surface area contributed by atoms with Gasteiger partial charge in [-0.2, -0.15) is 0 Å². The molecule has 4 heteroatoms. The van der Waals surface area contributed by atoms with Crippen molar-refractivity contribution in [3.05, 3.63) is 65.0 Å². The molecule has 2 rings (SSSR count). The summed E-state index contributed by atoms with van der Waals surface area (Å²) in [5, 5.41) is 5.87. The first-order valence-corrected chi connectivity index (χ1v) is 8.80. The maximum absolute atomic E-state index is 13.2. The zero-order valence-corrected chi connectivity index (χ0v) is 15.4. The summed E-state index contributed by atoms with van der Waals surface area (Å²) in [6.45, 7) is 8.92. The fourth-order valence-electron chi connectivity index (χ4n) is 2.87. The molecule has 0 aliphatic heterocycles. The van der Waals surface area contributed by atoms with E-state index in [4.69, 9.17) is 0 Å². The van der Waals surface area contributed by atoms with Crippen molar-refractivity contribution in [1.82, 2.24) is 5.32 Å². The molecule has 2 N–H and O–H groups in total. The fraction of sp³-hybridized carbons (Fsp3) is 0.381. The Morgan fingerprint density at radius 3 is 2.16 bits per heavy atom. The van der Waals surface area contributed by atoms with Gasteiger partial charge in [0.25, 0.3) is 0 Å². The van der Waals surface area contributed by atoms with E-state index in [1.807, 2.05) is 12.1 Å². The van der Waals surface area contributed by atoms with Crippen molar-refractivity contribution in [3.8, 4) is 0 Å². The highest BCUT2D eigenvalue weighted by atomic mass is 19.1. The highest BCUT2D eigenvalue weighted by Gasteiger charge is 2.15. The molecule has 0 fully saturated rings. The minimum atomic E-state index is -0.255. The van der Waals surface area contributed by atoms with Crippen LogP contribution in [-0.2, 0) is 6.42 Å². The largest absolute Gasteiger partial charge is 0.338 e. The van der Waals surface area contributed by atoms with E-state index in [2.05, 4.69) is 50.5 Å². The van der Waals surface area contributed by atoms with E-state index in [1.54, 1.807) is 6.07 Å². The van der Waals surface area contributed by atoms with Crippen LogP contribution in [0, 0.1) is 5.82 Å². The van der Waals surface area contributed by atoms with Gasteiger partial charge in [-0.05, 0) is 47.1 Å². The highest BCUT2D eigenvalue weighted by molar-refractivity contribution is 5.91. The molecular weight excluding hydrogens is 315 g/mol. The van der Waals surface area contributed by atoms with Crippen molar-refractivity contribution in [1.29, 1.82) is 0 Å². The lowest BCUT2D eigenvalue weighted by molar-refractivity contribution is 0.252. The first-order chi connectivity index (χ1) is 11.9. The lowest BCUT2D eigenvalue weighted by atomic mass is 9.93. The van der Waals surface area contributed by atoms with Gasteiger partial charge in [-0.1, -0.05) is 58.0 Å². The molecule has 0 saturated heterocycles. The van der Waals surface area contributed by atoms with Gasteiger partial charge in [-0.3, -0.25) is 0 Å². The molecule has 2 aromatic carbocycles. The van der Waals surface area contributed by atoms with E-state index in [0.717, 1.165) is 22.4 Å². The Morgan fingerprint density at radius 1 is 1.00 bits per heavy atom. The van der Waals surface area contributed by atoms with Gasteiger partial charge in [0.05, 0.1) is 0 Å². The molecule has 2 aromatic rings. The Labute approximate surface area is 149 Å². The molecule has 3 nitrogen and oxygen atoms in total. The number of nitrogens with one attached hydrogen (secondary N) is 2. The lowest BCUT2D eigenvalue weighted by Gasteiger charge is -2.20. The van der Waals surface area contributed by atoms with Crippen LogP contribution in [0.3, 0.4) is 0 Å². The smallest absolute Gasteiger partial charge is 0.319 e. The number of para-hydroxylation sites is 1. The summed E-state index contributed by atoms with van der Waals surface area (Å²) in [6.07, 6.45) is 0.591. The van der Waals surface area contributed by atoms with E-state index in [9.17, 15) is 9.18 Å². The Kier molecular flexibility index (Phi) is 6.57. The molecule has 0 aliphatic rings. The predicted molar refractivity (Wildman–Crippen MR) is 102 cm³/mol. The monoisotopic (exact) mass is 342 g/mol. The molecule has 0 aliphatic carbocycles. The van der Waals surface area contributed by atoms with Crippen molar-refractivity contribution >= 4 is 11.7 Å². The molecule has 0 aromatic heterocycles. The molecule has 0 spiro atoms. The van der Waals surface area contributed by atoms with Crippen LogP contribution in [0.25, 0.3) is 0 Å². The Morgan fingerprint density at radius 2 is 1.60 bits per heavy atom. The summed E-state index contributed by atoms with van der Waals surface area (Å²) >= 11 is 0. The molecule has 0 atom stereocenters. The van der Waals surface area contributed by atoms with Crippen molar-refractivity contribution in [3.63, 3.8) is 0 Å². The summed E-state index contributed by atoms with van der Waals surface area (Å²) < 4.78 is 13.2. The van der Waals surface area contributed by atoms with Gasteiger partial charge >= 0.3 is 6.03 Å². The van der Waals surface area contributed by atoms with E-state index in [0.29, 0.717) is 24.8 Å². The van der Waals surface area contributed by atoms with Crippen LogP contribution in [0.2, 0.25) is 0 Å².